The average Bonchev–Trinajstić information content (AvgIpc) is 2.94. The summed E-state index contributed by atoms with van der Waals surface area (Å²) in [5.41, 5.74) is 2.01. The summed E-state index contributed by atoms with van der Waals surface area (Å²) in [4.78, 5) is 42.3. The van der Waals surface area contributed by atoms with Gasteiger partial charge in [0.2, 0.25) is 4.75 Å². The summed E-state index contributed by atoms with van der Waals surface area (Å²) < 4.78 is 3.29. The minimum Gasteiger partial charge on any atom is -0.464 e. The van der Waals surface area contributed by atoms with Gasteiger partial charge in [0.15, 0.2) is 11.6 Å². The van der Waals surface area contributed by atoms with Crippen LogP contribution in [-0.2, 0) is 14.3 Å². The minimum atomic E-state index is -1.84. The van der Waals surface area contributed by atoms with Crippen LogP contribution in [0.4, 0.5) is 0 Å². The van der Waals surface area contributed by atoms with Crippen LogP contribution in [-0.4, -0.2) is 39.6 Å². The largest absolute Gasteiger partial charge is 0.464 e. The number of hydrogen-bond donors (Lipinski definition) is 1. The lowest BCUT2D eigenvalue weighted by Gasteiger charge is -2.22. The highest BCUT2D eigenvalue weighted by Gasteiger charge is 2.57. The van der Waals surface area contributed by atoms with Gasteiger partial charge >= 0.3 is 5.97 Å². The fourth-order valence-electron chi connectivity index (χ4n) is 3.46. The molecular weight excluding hydrogens is 412 g/mol. The molecule has 0 fully saturated rings. The second kappa shape index (κ2) is 7.72. The van der Waals surface area contributed by atoms with Gasteiger partial charge in [0, 0.05) is 21.7 Å². The normalized spacial score (nSPS) is 17.8. The minimum absolute atomic E-state index is 0.0766. The second-order valence-electron chi connectivity index (χ2n) is 6.63. The number of Topliss-reactive ketones (excluding diaryl/α,β-unsaturated/α-hetero) is 2. The van der Waals surface area contributed by atoms with Crippen molar-refractivity contribution in [1.82, 2.24) is 4.98 Å². The van der Waals surface area contributed by atoms with Crippen molar-refractivity contribution < 1.29 is 19.1 Å². The number of nitrogens with zero attached hydrogens (tertiary/aromatic N) is 1. The molecule has 0 amide bonds. The Morgan fingerprint density at radius 3 is 2.31 bits per heavy atom. The quantitative estimate of drug-likeness (QED) is 0.432. The Hall–Kier alpha value is -2.51. The van der Waals surface area contributed by atoms with Crippen molar-refractivity contribution in [3.05, 3.63) is 46.1 Å². The van der Waals surface area contributed by atoms with Crippen molar-refractivity contribution >= 4 is 46.6 Å². The number of fused-ring (bicyclic) bond motifs is 1. The van der Waals surface area contributed by atoms with E-state index in [1.807, 2.05) is 0 Å². The third-order valence-electron chi connectivity index (χ3n) is 4.74. The van der Waals surface area contributed by atoms with Crippen LogP contribution < -0.4 is 0 Å². The molecule has 29 heavy (non-hydrogen) atoms. The number of ether oxygens (including phenoxy) is 1. The molecule has 150 valence electrons. The standard InChI is InChI=1S/C21H19ClN2O4S/c1-5-28-20(27)21(12(4)26)18(23)17-16(13-6-8-14(22)9-7-13)15(11(3)25)10(2)24-19(17)29-21/h6-9,23H,5H2,1-4H3. The van der Waals surface area contributed by atoms with E-state index >= 15 is 0 Å². The first-order chi connectivity index (χ1) is 13.6. The highest BCUT2D eigenvalue weighted by Crippen LogP contribution is 2.50. The monoisotopic (exact) mass is 430 g/mol. The van der Waals surface area contributed by atoms with E-state index in [9.17, 15) is 14.4 Å². The van der Waals surface area contributed by atoms with E-state index in [1.54, 1.807) is 38.1 Å². The van der Waals surface area contributed by atoms with Crippen LogP contribution in [0, 0.1) is 12.3 Å². The fraction of sp³-hybridized carbons (Fsp3) is 0.286. The first-order valence-corrected chi connectivity index (χ1v) is 10.1. The van der Waals surface area contributed by atoms with Gasteiger partial charge in [0.25, 0.3) is 0 Å². The molecule has 0 saturated heterocycles. The number of carbonyl (C=O) groups excluding carboxylic acids is 3. The third kappa shape index (κ3) is 3.28. The molecule has 0 spiro atoms. The summed E-state index contributed by atoms with van der Waals surface area (Å²) in [6.07, 6.45) is 0. The van der Waals surface area contributed by atoms with E-state index in [-0.39, 0.29) is 18.1 Å². The Labute approximate surface area is 177 Å². The molecule has 3 rings (SSSR count). The highest BCUT2D eigenvalue weighted by atomic mass is 35.5. The number of thioether (sulfide) groups is 1. The van der Waals surface area contributed by atoms with Gasteiger partial charge in [-0.2, -0.15) is 0 Å². The van der Waals surface area contributed by atoms with Crippen LogP contribution in [0.3, 0.4) is 0 Å². The van der Waals surface area contributed by atoms with Gasteiger partial charge in [0.1, 0.15) is 5.03 Å². The summed E-state index contributed by atoms with van der Waals surface area (Å²) >= 11 is 6.91. The van der Waals surface area contributed by atoms with Crippen molar-refractivity contribution in [1.29, 1.82) is 5.41 Å². The van der Waals surface area contributed by atoms with Gasteiger partial charge in [-0.1, -0.05) is 35.5 Å². The fourth-order valence-corrected chi connectivity index (χ4v) is 4.85. The van der Waals surface area contributed by atoms with Gasteiger partial charge in [-0.05, 0) is 45.4 Å². The lowest BCUT2D eigenvalue weighted by atomic mass is 9.85. The molecule has 8 heteroatoms. The molecule has 2 aromatic rings. The number of hydrogen-bond acceptors (Lipinski definition) is 7. The molecule has 0 radical (unpaired) electrons. The topological polar surface area (TPSA) is 97.2 Å². The number of ketones is 2. The number of pyridine rings is 1. The van der Waals surface area contributed by atoms with Crippen molar-refractivity contribution in [3.8, 4) is 11.1 Å². The maximum Gasteiger partial charge on any atom is 0.336 e. The molecule has 1 aliphatic heterocycles. The number of aryl methyl sites for hydroxylation is 1. The summed E-state index contributed by atoms with van der Waals surface area (Å²) in [6.45, 7) is 6.08. The Kier molecular flexibility index (Phi) is 5.65. The summed E-state index contributed by atoms with van der Waals surface area (Å²) in [5.74, 6) is -1.55. The van der Waals surface area contributed by atoms with Crippen LogP contribution in [0.2, 0.25) is 5.02 Å². The van der Waals surface area contributed by atoms with E-state index in [1.165, 1.54) is 13.8 Å². The van der Waals surface area contributed by atoms with Gasteiger partial charge in [-0.15, -0.1) is 0 Å². The number of nitrogens with one attached hydrogen (secondary N) is 1. The summed E-state index contributed by atoms with van der Waals surface area (Å²) in [6, 6.07) is 6.83. The summed E-state index contributed by atoms with van der Waals surface area (Å²) in [5, 5.41) is 9.67. The van der Waals surface area contributed by atoms with E-state index in [2.05, 4.69) is 4.98 Å². The SMILES string of the molecule is CCOC(=O)C1(C(C)=O)Sc2nc(C)c(C(C)=O)c(-c3ccc(Cl)cc3)c2C1=N. The summed E-state index contributed by atoms with van der Waals surface area (Å²) in [7, 11) is 0. The molecule has 0 saturated carbocycles. The smallest absolute Gasteiger partial charge is 0.336 e. The molecule has 1 unspecified atom stereocenters. The van der Waals surface area contributed by atoms with Crippen LogP contribution in [0.25, 0.3) is 11.1 Å². The molecule has 0 bridgehead atoms. The predicted molar refractivity (Wildman–Crippen MR) is 112 cm³/mol. The van der Waals surface area contributed by atoms with Crippen LogP contribution in [0.15, 0.2) is 29.3 Å². The molecular formula is C21H19ClN2O4S. The molecule has 1 N–H and O–H groups in total. The van der Waals surface area contributed by atoms with E-state index < -0.39 is 16.5 Å². The van der Waals surface area contributed by atoms with Gasteiger partial charge in [-0.3, -0.25) is 9.59 Å². The number of carbonyl (C=O) groups is 3. The molecule has 1 atom stereocenters. The molecule has 1 aromatic heterocycles. The Morgan fingerprint density at radius 2 is 1.79 bits per heavy atom. The van der Waals surface area contributed by atoms with Crippen LogP contribution in [0.1, 0.15) is 42.4 Å². The highest BCUT2D eigenvalue weighted by molar-refractivity contribution is 8.03. The maximum atomic E-state index is 12.8. The number of esters is 1. The number of rotatable bonds is 5. The number of aromatic nitrogens is 1. The van der Waals surface area contributed by atoms with Crippen molar-refractivity contribution in [3.63, 3.8) is 0 Å². The van der Waals surface area contributed by atoms with Crippen LogP contribution in [0.5, 0.6) is 0 Å². The first kappa shape index (κ1) is 21.2. The second-order valence-corrected chi connectivity index (χ2v) is 8.26. The molecule has 1 aromatic carbocycles. The molecule has 1 aliphatic rings. The Morgan fingerprint density at radius 1 is 1.17 bits per heavy atom. The lowest BCUT2D eigenvalue weighted by Crippen LogP contribution is -2.48. The first-order valence-electron chi connectivity index (χ1n) is 8.93. The number of benzene rings is 1. The van der Waals surface area contributed by atoms with E-state index in [4.69, 9.17) is 21.7 Å². The Balaban J connectivity index is 2.36. The molecule has 2 heterocycles. The van der Waals surface area contributed by atoms with Gasteiger partial charge in [-0.25, -0.2) is 9.78 Å². The lowest BCUT2D eigenvalue weighted by molar-refractivity contribution is -0.146. The molecule has 6 nitrogen and oxygen atoms in total. The van der Waals surface area contributed by atoms with Crippen molar-refractivity contribution in [2.24, 2.45) is 0 Å². The average molecular weight is 431 g/mol. The zero-order valence-corrected chi connectivity index (χ0v) is 18.0. The third-order valence-corrected chi connectivity index (χ3v) is 6.45. The van der Waals surface area contributed by atoms with Crippen molar-refractivity contribution in [2.75, 3.05) is 6.61 Å². The Bertz CT molecular complexity index is 1070. The zero-order valence-electron chi connectivity index (χ0n) is 16.4. The maximum absolute atomic E-state index is 12.8. The van der Waals surface area contributed by atoms with Crippen molar-refractivity contribution in [2.45, 2.75) is 37.5 Å². The van der Waals surface area contributed by atoms with Gasteiger partial charge in [0.05, 0.1) is 18.0 Å². The zero-order chi connectivity index (χ0) is 21.5. The van der Waals surface area contributed by atoms with E-state index in [0.29, 0.717) is 38.0 Å². The number of halogens is 1. The molecule has 0 aliphatic carbocycles. The van der Waals surface area contributed by atoms with E-state index in [0.717, 1.165) is 11.8 Å². The van der Waals surface area contributed by atoms with Gasteiger partial charge < -0.3 is 10.1 Å². The van der Waals surface area contributed by atoms with Crippen LogP contribution >= 0.6 is 23.4 Å². The predicted octanol–water partition coefficient (Wildman–Crippen LogP) is 4.28.